The summed E-state index contributed by atoms with van der Waals surface area (Å²) in [6, 6.07) is 34.8. The van der Waals surface area contributed by atoms with Gasteiger partial charge in [0.1, 0.15) is 0 Å². The summed E-state index contributed by atoms with van der Waals surface area (Å²) in [7, 11) is 0. The van der Waals surface area contributed by atoms with Gasteiger partial charge >= 0.3 is 167 Å². The standard InChI is InChI=1S/C22H19BrNPS/c23-25(18-22-16-17-24-26-22,19-10-4-1-5-11-19,20-12-6-2-7-13-20)21-14-8-3-9-15-21/h1-17H,18H2. The van der Waals surface area contributed by atoms with Crippen molar-refractivity contribution in [3.05, 3.63) is 108 Å². The van der Waals surface area contributed by atoms with Crippen LogP contribution >= 0.6 is 32.3 Å². The van der Waals surface area contributed by atoms with Crippen LogP contribution in [-0.2, 0) is 6.16 Å². The molecule has 0 spiro atoms. The van der Waals surface area contributed by atoms with Gasteiger partial charge < -0.3 is 0 Å². The van der Waals surface area contributed by atoms with E-state index < -0.39 is 5.31 Å². The molecule has 1 aromatic heterocycles. The number of hydrogen-bond donors (Lipinski definition) is 0. The van der Waals surface area contributed by atoms with Gasteiger partial charge in [-0.05, 0) is 0 Å². The zero-order chi connectivity index (χ0) is 17.9. The van der Waals surface area contributed by atoms with E-state index in [1.54, 1.807) is 11.5 Å². The van der Waals surface area contributed by atoms with E-state index in [1.807, 2.05) is 6.20 Å². The Labute approximate surface area is 166 Å². The molecule has 0 fully saturated rings. The molecule has 3 aromatic carbocycles. The summed E-state index contributed by atoms with van der Waals surface area (Å²) >= 11 is 6.03. The number of rotatable bonds is 5. The van der Waals surface area contributed by atoms with Crippen molar-refractivity contribution in [2.24, 2.45) is 0 Å². The molecule has 0 N–H and O–H groups in total. The minimum absolute atomic E-state index is 0.911. The molecule has 0 saturated carbocycles. The summed E-state index contributed by atoms with van der Waals surface area (Å²) < 4.78 is 4.36. The zero-order valence-corrected chi connectivity index (χ0v) is 17.5. The zero-order valence-electron chi connectivity index (χ0n) is 14.2. The molecule has 1 heterocycles. The van der Waals surface area contributed by atoms with Gasteiger partial charge in [-0.1, -0.05) is 0 Å². The van der Waals surface area contributed by atoms with E-state index in [9.17, 15) is 0 Å². The van der Waals surface area contributed by atoms with Crippen LogP contribution in [-0.4, -0.2) is 4.37 Å². The SMILES string of the molecule is BrP(Cc1ccns1)(c1ccccc1)(c1ccccc1)c1ccccc1. The van der Waals surface area contributed by atoms with Gasteiger partial charge in [0.2, 0.25) is 0 Å². The molecular formula is C22H19BrNPS. The molecule has 4 rings (SSSR count). The number of halogens is 1. The number of aromatic nitrogens is 1. The second kappa shape index (κ2) is 7.08. The van der Waals surface area contributed by atoms with Crippen LogP contribution in [0.2, 0.25) is 0 Å². The fourth-order valence-corrected chi connectivity index (χ4v) is 12.9. The van der Waals surface area contributed by atoms with Crippen LogP contribution < -0.4 is 15.9 Å². The van der Waals surface area contributed by atoms with E-state index in [0.717, 1.165) is 6.16 Å². The second-order valence-corrected chi connectivity index (χ2v) is 16.2. The Hall–Kier alpha value is -1.80. The van der Waals surface area contributed by atoms with Crippen molar-refractivity contribution in [2.45, 2.75) is 6.16 Å². The van der Waals surface area contributed by atoms with E-state index in [4.69, 9.17) is 0 Å². The summed E-state index contributed by atoms with van der Waals surface area (Å²) in [6.07, 6.45) is 2.81. The van der Waals surface area contributed by atoms with Crippen molar-refractivity contribution in [3.63, 3.8) is 0 Å². The Morgan fingerprint density at radius 1 is 0.654 bits per heavy atom. The van der Waals surface area contributed by atoms with Gasteiger partial charge in [-0.3, -0.25) is 0 Å². The minimum atomic E-state index is -2.86. The molecule has 1 nitrogen and oxygen atoms in total. The molecule has 0 bridgehead atoms. The first-order valence-corrected chi connectivity index (χ1v) is 13.7. The summed E-state index contributed by atoms with van der Waals surface area (Å²) in [5.74, 6) is 0. The van der Waals surface area contributed by atoms with Crippen LogP contribution in [0.15, 0.2) is 103 Å². The quantitative estimate of drug-likeness (QED) is 0.375. The first-order chi connectivity index (χ1) is 12.7. The Morgan fingerprint density at radius 2 is 1.08 bits per heavy atom. The average Bonchev–Trinajstić information content (AvgIpc) is 3.23. The van der Waals surface area contributed by atoms with Crippen molar-refractivity contribution in [2.75, 3.05) is 0 Å². The molecule has 0 saturated heterocycles. The molecule has 0 amide bonds. The molecule has 0 unspecified atom stereocenters. The predicted octanol–water partition coefficient (Wildman–Crippen LogP) is 5.48. The number of nitrogens with zero attached hydrogens (tertiary/aromatic N) is 1. The molecule has 4 aromatic rings. The summed E-state index contributed by atoms with van der Waals surface area (Å²) in [4.78, 5) is 1.29. The van der Waals surface area contributed by atoms with Crippen molar-refractivity contribution in [1.29, 1.82) is 0 Å². The molecule has 0 atom stereocenters. The molecule has 0 aliphatic heterocycles. The Morgan fingerprint density at radius 3 is 1.42 bits per heavy atom. The topological polar surface area (TPSA) is 12.9 Å². The van der Waals surface area contributed by atoms with Crippen LogP contribution in [0.5, 0.6) is 0 Å². The van der Waals surface area contributed by atoms with Crippen molar-refractivity contribution in [3.8, 4) is 0 Å². The Balaban J connectivity index is 2.10. The third-order valence-corrected chi connectivity index (χ3v) is 15.3. The Bertz CT molecular complexity index is 873. The van der Waals surface area contributed by atoms with Crippen LogP contribution in [0.1, 0.15) is 4.88 Å². The summed E-state index contributed by atoms with van der Waals surface area (Å²) in [5, 5.41) is 1.15. The fourth-order valence-electron chi connectivity index (χ4n) is 3.55. The average molecular weight is 440 g/mol. The van der Waals surface area contributed by atoms with Crippen LogP contribution in [0.4, 0.5) is 0 Å². The fraction of sp³-hybridized carbons (Fsp3) is 0.0455. The molecule has 0 aliphatic carbocycles. The van der Waals surface area contributed by atoms with E-state index in [0.29, 0.717) is 0 Å². The molecule has 130 valence electrons. The van der Waals surface area contributed by atoms with Crippen molar-refractivity contribution in [1.82, 2.24) is 4.37 Å². The van der Waals surface area contributed by atoms with Crippen molar-refractivity contribution < 1.29 is 0 Å². The molecule has 26 heavy (non-hydrogen) atoms. The first-order valence-electron chi connectivity index (χ1n) is 8.51. The normalized spacial score (nSPS) is 13.0. The molecular weight excluding hydrogens is 421 g/mol. The second-order valence-electron chi connectivity index (χ2n) is 6.33. The maximum absolute atomic E-state index is 4.45. The number of benzene rings is 3. The van der Waals surface area contributed by atoms with E-state index in [-0.39, 0.29) is 0 Å². The van der Waals surface area contributed by atoms with Gasteiger partial charge in [0, 0.05) is 0 Å². The maximum atomic E-state index is 4.45. The third-order valence-electron chi connectivity index (χ3n) is 4.83. The third kappa shape index (κ3) is 2.85. The van der Waals surface area contributed by atoms with E-state index in [2.05, 4.69) is 117 Å². The molecule has 0 aliphatic rings. The summed E-state index contributed by atoms with van der Waals surface area (Å²) in [5.41, 5.74) is 0. The van der Waals surface area contributed by atoms with E-state index in [1.165, 1.54) is 20.8 Å². The van der Waals surface area contributed by atoms with Gasteiger partial charge in [0.05, 0.1) is 0 Å². The molecule has 4 heteroatoms. The Kier molecular flexibility index (Phi) is 4.79. The van der Waals surface area contributed by atoms with E-state index >= 15 is 0 Å². The van der Waals surface area contributed by atoms with Gasteiger partial charge in [-0.25, -0.2) is 0 Å². The van der Waals surface area contributed by atoms with Crippen LogP contribution in [0.25, 0.3) is 0 Å². The first kappa shape index (κ1) is 17.6. The van der Waals surface area contributed by atoms with Crippen molar-refractivity contribution >= 4 is 48.2 Å². The molecule has 0 radical (unpaired) electrons. The number of hydrogen-bond acceptors (Lipinski definition) is 2. The summed E-state index contributed by atoms with van der Waals surface area (Å²) in [6.45, 7) is 0. The monoisotopic (exact) mass is 439 g/mol. The van der Waals surface area contributed by atoms with Gasteiger partial charge in [0.15, 0.2) is 0 Å². The van der Waals surface area contributed by atoms with Gasteiger partial charge in [-0.2, -0.15) is 0 Å². The van der Waals surface area contributed by atoms with Crippen LogP contribution in [0.3, 0.4) is 0 Å². The van der Waals surface area contributed by atoms with Gasteiger partial charge in [0.25, 0.3) is 0 Å². The van der Waals surface area contributed by atoms with Crippen LogP contribution in [0, 0.1) is 0 Å². The van der Waals surface area contributed by atoms with Gasteiger partial charge in [-0.15, -0.1) is 0 Å². The predicted molar refractivity (Wildman–Crippen MR) is 120 cm³/mol.